The van der Waals surface area contributed by atoms with Crippen LogP contribution in [0.25, 0.3) is 0 Å². The van der Waals surface area contributed by atoms with Crippen molar-refractivity contribution in [3.05, 3.63) is 28.8 Å². The number of hydrogen-bond acceptors (Lipinski definition) is 4. The molecule has 2 atom stereocenters. The first kappa shape index (κ1) is 20.2. The van der Waals surface area contributed by atoms with Gasteiger partial charge in [-0.1, -0.05) is 47.6 Å². The van der Waals surface area contributed by atoms with Gasteiger partial charge in [0, 0.05) is 17.3 Å². The Morgan fingerprint density at radius 2 is 1.67 bits per heavy atom. The van der Waals surface area contributed by atoms with E-state index in [9.17, 15) is 15.0 Å². The number of phenols is 1. The summed E-state index contributed by atoms with van der Waals surface area (Å²) in [6.07, 6.45) is 0.222. The van der Waals surface area contributed by atoms with E-state index in [0.717, 1.165) is 11.1 Å². The summed E-state index contributed by atoms with van der Waals surface area (Å²) in [5.41, 5.74) is 1.85. The lowest BCUT2D eigenvalue weighted by atomic mass is 9.79. The highest BCUT2D eigenvalue weighted by atomic mass is 16.4. The molecule has 3 N–H and O–H groups in total. The zero-order chi connectivity index (χ0) is 18.9. The molecule has 0 bridgehead atoms. The highest BCUT2D eigenvalue weighted by Gasteiger charge is 2.25. The van der Waals surface area contributed by atoms with Gasteiger partial charge in [0.1, 0.15) is 5.75 Å². The predicted octanol–water partition coefficient (Wildman–Crippen LogP) is 3.24. The van der Waals surface area contributed by atoms with Crippen molar-refractivity contribution in [3.63, 3.8) is 0 Å². The molecule has 0 saturated heterocycles. The third-order valence-electron chi connectivity index (χ3n) is 3.90. The molecule has 0 aliphatic heterocycles. The average molecular weight is 335 g/mol. The molecular formula is C19H29NO4. The average Bonchev–Trinajstić information content (AvgIpc) is 2.37. The van der Waals surface area contributed by atoms with Crippen LogP contribution in [0.1, 0.15) is 65.2 Å². The Morgan fingerprint density at radius 1 is 1.12 bits per heavy atom. The Kier molecular flexibility index (Phi) is 5.82. The molecule has 1 rings (SSSR count). The highest BCUT2D eigenvalue weighted by molar-refractivity contribution is 5.87. The maximum Gasteiger partial charge on any atom is 0.331 e. The molecule has 0 unspecified atom stereocenters. The van der Waals surface area contributed by atoms with Crippen molar-refractivity contribution in [1.82, 2.24) is 0 Å². The molecule has 134 valence electrons. The molecule has 0 aliphatic carbocycles. The number of carboxylic acid groups (broad SMARTS) is 1. The molecule has 24 heavy (non-hydrogen) atoms. The lowest BCUT2D eigenvalue weighted by molar-refractivity contribution is -0.140. The van der Waals surface area contributed by atoms with Crippen LogP contribution in [0.2, 0.25) is 0 Å². The van der Waals surface area contributed by atoms with E-state index in [1.54, 1.807) is 0 Å². The van der Waals surface area contributed by atoms with Crippen molar-refractivity contribution in [2.75, 3.05) is 0 Å². The van der Waals surface area contributed by atoms with Crippen molar-refractivity contribution in [2.24, 2.45) is 4.99 Å². The molecular weight excluding hydrogens is 306 g/mol. The summed E-state index contributed by atoms with van der Waals surface area (Å²) >= 11 is 0. The van der Waals surface area contributed by atoms with Crippen molar-refractivity contribution >= 4 is 12.2 Å². The first-order valence-corrected chi connectivity index (χ1v) is 8.07. The van der Waals surface area contributed by atoms with Gasteiger partial charge < -0.3 is 15.3 Å². The number of aliphatic hydroxyl groups is 1. The van der Waals surface area contributed by atoms with Crippen LogP contribution in [0, 0.1) is 0 Å². The summed E-state index contributed by atoms with van der Waals surface area (Å²) in [6.45, 7) is 13.6. The number of aliphatic carboxylic acids is 1. The Labute approximate surface area is 144 Å². The van der Waals surface area contributed by atoms with Crippen LogP contribution in [-0.2, 0) is 15.6 Å². The molecule has 5 nitrogen and oxygen atoms in total. The van der Waals surface area contributed by atoms with Crippen LogP contribution in [0.5, 0.6) is 5.75 Å². The number of aliphatic hydroxyl groups excluding tert-OH is 1. The quantitative estimate of drug-likeness (QED) is 0.737. The summed E-state index contributed by atoms with van der Waals surface area (Å²) in [4.78, 5) is 15.1. The molecule has 5 heteroatoms. The largest absolute Gasteiger partial charge is 0.507 e. The maximum atomic E-state index is 11.2. The molecule has 0 radical (unpaired) electrons. The molecule has 1 aromatic carbocycles. The number of benzene rings is 1. The summed E-state index contributed by atoms with van der Waals surface area (Å²) in [5.74, 6) is -1.11. The standard InChI is InChI=1S/C19H29NO4/c1-11(21)15(17(23)24)20-10-12-8-13(18(2,3)4)9-14(16(12)22)19(5,6)7/h8-11,15,21-22H,1-7H3,(H,23,24)/t11-,15+/m1/s1. The van der Waals surface area contributed by atoms with Crippen LogP contribution in [0.15, 0.2) is 17.1 Å². The van der Waals surface area contributed by atoms with Crippen LogP contribution in [0.3, 0.4) is 0 Å². The Bertz CT molecular complexity index is 634. The fourth-order valence-electron chi connectivity index (χ4n) is 2.32. The first-order chi connectivity index (χ1) is 10.7. The van der Waals surface area contributed by atoms with Gasteiger partial charge in [0.05, 0.1) is 6.10 Å². The SMILES string of the molecule is C[C@@H](O)[C@H](N=Cc1cc(C(C)(C)C)cc(C(C)(C)C)c1O)C(=O)O. The van der Waals surface area contributed by atoms with Crippen LogP contribution in [-0.4, -0.2) is 39.6 Å². The minimum Gasteiger partial charge on any atom is -0.507 e. The van der Waals surface area contributed by atoms with E-state index >= 15 is 0 Å². The Hall–Kier alpha value is -1.88. The molecule has 0 aliphatic rings. The lowest BCUT2D eigenvalue weighted by Gasteiger charge is -2.27. The molecule has 0 aromatic heterocycles. The topological polar surface area (TPSA) is 90.1 Å². The number of aliphatic imine (C=N–C) groups is 1. The van der Waals surface area contributed by atoms with Gasteiger partial charge in [0.2, 0.25) is 0 Å². The van der Waals surface area contributed by atoms with Gasteiger partial charge in [-0.15, -0.1) is 0 Å². The molecule has 1 aromatic rings. The van der Waals surface area contributed by atoms with Gasteiger partial charge in [-0.05, 0) is 29.4 Å². The van der Waals surface area contributed by atoms with Crippen molar-refractivity contribution in [1.29, 1.82) is 0 Å². The van der Waals surface area contributed by atoms with Gasteiger partial charge in [0.15, 0.2) is 6.04 Å². The maximum absolute atomic E-state index is 11.2. The summed E-state index contributed by atoms with van der Waals surface area (Å²) in [5, 5.41) is 29.3. The third-order valence-corrected chi connectivity index (χ3v) is 3.90. The van der Waals surface area contributed by atoms with Crippen LogP contribution >= 0.6 is 0 Å². The number of phenolic OH excluding ortho intramolecular Hbond substituents is 1. The first-order valence-electron chi connectivity index (χ1n) is 8.07. The Balaban J connectivity index is 3.50. The summed E-state index contributed by atoms with van der Waals surface area (Å²) in [7, 11) is 0. The lowest BCUT2D eigenvalue weighted by Crippen LogP contribution is -2.30. The van der Waals surface area contributed by atoms with Crippen LogP contribution in [0.4, 0.5) is 0 Å². The van der Waals surface area contributed by atoms with Crippen molar-refractivity contribution < 1.29 is 20.1 Å². The van der Waals surface area contributed by atoms with E-state index in [2.05, 4.69) is 25.8 Å². The van der Waals surface area contributed by atoms with Crippen molar-refractivity contribution in [2.45, 2.75) is 71.4 Å². The number of carboxylic acids is 1. The van der Waals surface area contributed by atoms with E-state index in [-0.39, 0.29) is 16.6 Å². The fourth-order valence-corrected chi connectivity index (χ4v) is 2.32. The number of rotatable bonds is 4. The second-order valence-corrected chi connectivity index (χ2v) is 8.26. The third kappa shape index (κ3) is 4.81. The molecule has 0 saturated carbocycles. The summed E-state index contributed by atoms with van der Waals surface area (Å²) in [6, 6.07) is 2.53. The normalized spacial score (nSPS) is 15.5. The van der Waals surface area contributed by atoms with Crippen molar-refractivity contribution in [3.8, 4) is 5.75 Å². The van der Waals surface area contributed by atoms with E-state index in [4.69, 9.17) is 5.11 Å². The van der Waals surface area contributed by atoms with E-state index in [1.807, 2.05) is 32.9 Å². The second-order valence-electron chi connectivity index (χ2n) is 8.26. The fraction of sp³-hybridized carbons (Fsp3) is 0.579. The van der Waals surface area contributed by atoms with Gasteiger partial charge >= 0.3 is 5.97 Å². The number of carbonyl (C=O) groups is 1. The van der Waals surface area contributed by atoms with Gasteiger partial charge in [-0.2, -0.15) is 0 Å². The second kappa shape index (κ2) is 6.93. The Morgan fingerprint density at radius 3 is 2.04 bits per heavy atom. The molecule has 0 fully saturated rings. The van der Waals surface area contributed by atoms with Crippen LogP contribution < -0.4 is 0 Å². The predicted molar refractivity (Wildman–Crippen MR) is 96.2 cm³/mol. The van der Waals surface area contributed by atoms with Gasteiger partial charge in [-0.25, -0.2) is 4.79 Å². The monoisotopic (exact) mass is 335 g/mol. The zero-order valence-electron chi connectivity index (χ0n) is 15.6. The molecule has 0 heterocycles. The number of aromatic hydroxyl groups is 1. The minimum atomic E-state index is -1.26. The number of hydrogen-bond donors (Lipinski definition) is 3. The van der Waals surface area contributed by atoms with E-state index in [1.165, 1.54) is 13.1 Å². The smallest absolute Gasteiger partial charge is 0.331 e. The molecule has 0 spiro atoms. The minimum absolute atomic E-state index is 0.0916. The van der Waals surface area contributed by atoms with Gasteiger partial charge in [-0.3, -0.25) is 4.99 Å². The highest BCUT2D eigenvalue weighted by Crippen LogP contribution is 2.37. The van der Waals surface area contributed by atoms with E-state index < -0.39 is 18.1 Å². The molecule has 0 amide bonds. The summed E-state index contributed by atoms with van der Waals surface area (Å²) < 4.78 is 0. The van der Waals surface area contributed by atoms with E-state index in [0.29, 0.717) is 5.56 Å². The van der Waals surface area contributed by atoms with Gasteiger partial charge in [0.25, 0.3) is 0 Å². The zero-order valence-corrected chi connectivity index (χ0v) is 15.6. The number of nitrogens with zero attached hydrogens (tertiary/aromatic N) is 1.